The first-order valence-electron chi connectivity index (χ1n) is 7.07. The summed E-state index contributed by atoms with van der Waals surface area (Å²) in [6.45, 7) is 5.42. The fraction of sp³-hybridized carbons (Fsp3) is 0.467. The van der Waals surface area contributed by atoms with E-state index < -0.39 is 17.1 Å². The zero-order valence-corrected chi connectivity index (χ0v) is 13.6. The summed E-state index contributed by atoms with van der Waals surface area (Å²) >= 11 is 5.61. The van der Waals surface area contributed by atoms with Crippen molar-refractivity contribution in [3.05, 3.63) is 29.3 Å². The van der Waals surface area contributed by atoms with Crippen LogP contribution in [-0.4, -0.2) is 34.8 Å². The largest absolute Gasteiger partial charge is 0.493 e. The summed E-state index contributed by atoms with van der Waals surface area (Å²) in [4.78, 5) is 17.3. The Morgan fingerprint density at radius 2 is 2.04 bits per heavy atom. The Morgan fingerprint density at radius 3 is 2.57 bits per heavy atom. The number of alkyl halides is 3. The van der Waals surface area contributed by atoms with Gasteiger partial charge in [-0.1, -0.05) is 0 Å². The van der Waals surface area contributed by atoms with Crippen LogP contribution < -0.4 is 4.74 Å². The second-order valence-corrected chi connectivity index (χ2v) is 5.52. The first-order chi connectivity index (χ1) is 10.7. The van der Waals surface area contributed by atoms with Crippen LogP contribution in [0.5, 0.6) is 5.75 Å². The lowest BCUT2D eigenvalue weighted by molar-refractivity contribution is -0.137. The molecule has 1 aromatic rings. The van der Waals surface area contributed by atoms with Crippen molar-refractivity contribution in [2.45, 2.75) is 39.0 Å². The summed E-state index contributed by atoms with van der Waals surface area (Å²) in [7, 11) is 0. The van der Waals surface area contributed by atoms with Gasteiger partial charge in [0.1, 0.15) is 11.6 Å². The molecule has 23 heavy (non-hydrogen) atoms. The summed E-state index contributed by atoms with van der Waals surface area (Å²) in [6.07, 6.45) is -4.48. The molecule has 0 spiro atoms. The maximum atomic E-state index is 12.9. The standard InChI is InChI=1S/C15H16ClF3N2O2/c1-4-23-12-7-10(15(17,18)19)5-6-11(12)13-20-8(2)9(3)21(13)14(16)22/h5-9H,4H2,1-3H3. The third-order valence-corrected chi connectivity index (χ3v) is 3.88. The molecule has 2 unspecified atom stereocenters. The first-order valence-corrected chi connectivity index (χ1v) is 7.45. The van der Waals surface area contributed by atoms with Crippen LogP contribution in [0, 0.1) is 0 Å². The number of aliphatic imine (C=N–C) groups is 1. The van der Waals surface area contributed by atoms with E-state index in [0.29, 0.717) is 5.56 Å². The molecule has 1 aliphatic heterocycles. The molecule has 0 radical (unpaired) electrons. The molecule has 2 rings (SSSR count). The van der Waals surface area contributed by atoms with E-state index in [9.17, 15) is 18.0 Å². The number of ether oxygens (including phenoxy) is 1. The van der Waals surface area contributed by atoms with Gasteiger partial charge in [0.2, 0.25) is 0 Å². The fourth-order valence-corrected chi connectivity index (χ4v) is 2.61. The van der Waals surface area contributed by atoms with Crippen molar-refractivity contribution in [3.63, 3.8) is 0 Å². The molecular formula is C15H16ClF3N2O2. The lowest BCUT2D eigenvalue weighted by Crippen LogP contribution is -2.39. The van der Waals surface area contributed by atoms with Crippen molar-refractivity contribution < 1.29 is 22.7 Å². The van der Waals surface area contributed by atoms with E-state index in [0.717, 1.165) is 12.1 Å². The maximum absolute atomic E-state index is 12.9. The van der Waals surface area contributed by atoms with Crippen LogP contribution in [0.2, 0.25) is 0 Å². The van der Waals surface area contributed by atoms with Crippen LogP contribution >= 0.6 is 11.6 Å². The molecule has 0 fully saturated rings. The lowest BCUT2D eigenvalue weighted by atomic mass is 10.1. The predicted octanol–water partition coefficient (Wildman–Crippen LogP) is 4.30. The van der Waals surface area contributed by atoms with Crippen LogP contribution in [0.4, 0.5) is 18.0 Å². The molecule has 0 saturated heterocycles. The fourth-order valence-electron chi connectivity index (χ4n) is 2.37. The molecule has 0 aromatic heterocycles. The summed E-state index contributed by atoms with van der Waals surface area (Å²) in [5.41, 5.74) is -0.516. The molecule has 0 bridgehead atoms. The van der Waals surface area contributed by atoms with Crippen molar-refractivity contribution in [2.75, 3.05) is 6.61 Å². The van der Waals surface area contributed by atoms with Gasteiger partial charge in [-0.05, 0) is 50.6 Å². The summed E-state index contributed by atoms with van der Waals surface area (Å²) in [6, 6.07) is 2.59. The Hall–Kier alpha value is -1.76. The minimum Gasteiger partial charge on any atom is -0.493 e. The molecule has 1 aliphatic rings. The Kier molecular flexibility index (Phi) is 4.89. The molecule has 0 aliphatic carbocycles. The van der Waals surface area contributed by atoms with Gasteiger partial charge < -0.3 is 4.74 Å². The van der Waals surface area contributed by atoms with E-state index in [1.165, 1.54) is 11.0 Å². The van der Waals surface area contributed by atoms with Gasteiger partial charge in [-0.25, -0.2) is 0 Å². The van der Waals surface area contributed by atoms with Crippen molar-refractivity contribution in [1.29, 1.82) is 0 Å². The van der Waals surface area contributed by atoms with Gasteiger partial charge in [-0.15, -0.1) is 0 Å². The molecule has 0 N–H and O–H groups in total. The highest BCUT2D eigenvalue weighted by Gasteiger charge is 2.37. The highest BCUT2D eigenvalue weighted by Crippen LogP contribution is 2.35. The molecule has 2 atom stereocenters. The number of amidine groups is 1. The summed E-state index contributed by atoms with van der Waals surface area (Å²) in [5.74, 6) is 0.243. The molecule has 0 saturated carbocycles. The van der Waals surface area contributed by atoms with E-state index in [1.54, 1.807) is 20.8 Å². The number of carbonyl (C=O) groups is 1. The van der Waals surface area contributed by atoms with Crippen LogP contribution in [0.3, 0.4) is 0 Å². The lowest BCUT2D eigenvalue weighted by Gasteiger charge is -2.23. The number of amides is 1. The molecule has 4 nitrogen and oxygen atoms in total. The molecule has 1 aromatic carbocycles. The quantitative estimate of drug-likeness (QED) is 0.603. The van der Waals surface area contributed by atoms with Crippen molar-refractivity contribution >= 4 is 22.8 Å². The van der Waals surface area contributed by atoms with Gasteiger partial charge in [0.05, 0.1) is 29.8 Å². The molecule has 1 amide bonds. The van der Waals surface area contributed by atoms with Crippen molar-refractivity contribution in [3.8, 4) is 5.75 Å². The zero-order chi connectivity index (χ0) is 17.4. The minimum absolute atomic E-state index is 0.0188. The van der Waals surface area contributed by atoms with Crippen LogP contribution in [0.15, 0.2) is 23.2 Å². The minimum atomic E-state index is -4.48. The summed E-state index contributed by atoms with van der Waals surface area (Å²) in [5, 5.41) is -0.733. The smallest absolute Gasteiger partial charge is 0.416 e. The van der Waals surface area contributed by atoms with Gasteiger partial charge in [0.25, 0.3) is 0 Å². The van der Waals surface area contributed by atoms with Crippen molar-refractivity contribution in [1.82, 2.24) is 4.90 Å². The predicted molar refractivity (Wildman–Crippen MR) is 81.2 cm³/mol. The number of rotatable bonds is 3. The maximum Gasteiger partial charge on any atom is 0.416 e. The van der Waals surface area contributed by atoms with Gasteiger partial charge in [-0.3, -0.25) is 14.7 Å². The molecule has 1 heterocycles. The molecule has 126 valence electrons. The Balaban J connectivity index is 2.54. The number of hydrogen-bond donors (Lipinski definition) is 0. The van der Waals surface area contributed by atoms with E-state index in [-0.39, 0.29) is 30.3 Å². The third-order valence-electron chi connectivity index (χ3n) is 3.70. The Morgan fingerprint density at radius 1 is 1.39 bits per heavy atom. The van der Waals surface area contributed by atoms with E-state index in [1.807, 2.05) is 0 Å². The highest BCUT2D eigenvalue weighted by molar-refractivity contribution is 6.64. The number of halogens is 4. The SMILES string of the molecule is CCOc1cc(C(F)(F)F)ccc1C1=NC(C)C(C)N1C(=O)Cl. The first kappa shape index (κ1) is 17.6. The number of nitrogens with zero attached hydrogens (tertiary/aromatic N) is 2. The van der Waals surface area contributed by atoms with E-state index in [2.05, 4.69) is 4.99 Å². The van der Waals surface area contributed by atoms with Gasteiger partial charge in [0, 0.05) is 0 Å². The topological polar surface area (TPSA) is 41.9 Å². The van der Waals surface area contributed by atoms with Gasteiger partial charge in [0.15, 0.2) is 0 Å². The van der Waals surface area contributed by atoms with E-state index >= 15 is 0 Å². The van der Waals surface area contributed by atoms with Crippen molar-refractivity contribution in [2.24, 2.45) is 4.99 Å². The zero-order valence-electron chi connectivity index (χ0n) is 12.8. The van der Waals surface area contributed by atoms with Gasteiger partial charge >= 0.3 is 11.5 Å². The van der Waals surface area contributed by atoms with Gasteiger partial charge in [-0.2, -0.15) is 13.2 Å². The number of carbonyl (C=O) groups excluding carboxylic acids is 1. The Labute approximate surface area is 136 Å². The normalized spacial score (nSPS) is 21.3. The van der Waals surface area contributed by atoms with Crippen LogP contribution in [-0.2, 0) is 6.18 Å². The average molecular weight is 349 g/mol. The molecular weight excluding hydrogens is 333 g/mol. The van der Waals surface area contributed by atoms with Crippen LogP contribution in [0.25, 0.3) is 0 Å². The highest BCUT2D eigenvalue weighted by atomic mass is 35.5. The summed E-state index contributed by atoms with van der Waals surface area (Å²) < 4.78 is 43.9. The second-order valence-electron chi connectivity index (χ2n) is 5.20. The number of hydrogen-bond acceptors (Lipinski definition) is 3. The monoisotopic (exact) mass is 348 g/mol. The Bertz CT molecular complexity index is 646. The second kappa shape index (κ2) is 6.39. The number of benzene rings is 1. The third kappa shape index (κ3) is 3.44. The average Bonchev–Trinajstić information content (AvgIpc) is 2.74. The molecule has 8 heteroatoms. The van der Waals surface area contributed by atoms with E-state index in [4.69, 9.17) is 16.3 Å². The van der Waals surface area contributed by atoms with Crippen LogP contribution in [0.1, 0.15) is 31.9 Å².